The molecular weight excluding hydrogens is 279 g/mol. The molecule has 0 saturated heterocycles. The van der Waals surface area contributed by atoms with Gasteiger partial charge in [0.25, 0.3) is 0 Å². The highest BCUT2D eigenvalue weighted by Crippen LogP contribution is 2.27. The molecule has 0 amide bonds. The average Bonchev–Trinajstić information content (AvgIpc) is 2.49. The lowest BCUT2D eigenvalue weighted by Gasteiger charge is -2.18. The van der Waals surface area contributed by atoms with Crippen molar-refractivity contribution in [1.29, 1.82) is 0 Å². The van der Waals surface area contributed by atoms with Crippen LogP contribution in [-0.4, -0.2) is 19.1 Å². The summed E-state index contributed by atoms with van der Waals surface area (Å²) in [5.74, 6) is 0.290. The van der Waals surface area contributed by atoms with E-state index >= 15 is 0 Å². The maximum absolute atomic E-state index is 14.0. The summed E-state index contributed by atoms with van der Waals surface area (Å²) in [5, 5.41) is 3.27. The van der Waals surface area contributed by atoms with Gasteiger partial charge in [0.05, 0.1) is 23.9 Å². The number of hydrogen-bond acceptors (Lipinski definition) is 3. The molecule has 0 aliphatic carbocycles. The molecule has 0 radical (unpaired) electrons. The molecule has 0 fully saturated rings. The number of pyridine rings is 1. The second-order valence-corrected chi connectivity index (χ2v) is 4.76. The van der Waals surface area contributed by atoms with Crippen molar-refractivity contribution < 1.29 is 9.13 Å². The van der Waals surface area contributed by atoms with Gasteiger partial charge in [-0.2, -0.15) is 0 Å². The molecule has 3 nitrogen and oxygen atoms in total. The summed E-state index contributed by atoms with van der Waals surface area (Å²) in [6.45, 7) is 0. The van der Waals surface area contributed by atoms with E-state index in [0.29, 0.717) is 17.7 Å². The lowest BCUT2D eigenvalue weighted by molar-refractivity contribution is 0.396. The average molecular weight is 295 g/mol. The van der Waals surface area contributed by atoms with E-state index in [1.165, 1.54) is 6.07 Å². The molecule has 0 aliphatic rings. The molecule has 5 heteroatoms. The molecule has 0 aliphatic heterocycles. The van der Waals surface area contributed by atoms with Gasteiger partial charge in [-0.15, -0.1) is 0 Å². The van der Waals surface area contributed by atoms with E-state index in [0.717, 1.165) is 5.69 Å². The third kappa shape index (κ3) is 3.08. The Morgan fingerprint density at radius 1 is 1.35 bits per heavy atom. The van der Waals surface area contributed by atoms with E-state index in [-0.39, 0.29) is 16.9 Å². The zero-order chi connectivity index (χ0) is 14.5. The number of nitrogens with one attached hydrogen (secondary N) is 1. The first-order valence-corrected chi connectivity index (χ1v) is 6.64. The SMILES string of the molecule is CNC(Cc1cccc(Cl)c1F)c1ncccc1OC. The van der Waals surface area contributed by atoms with Gasteiger partial charge in [-0.1, -0.05) is 23.7 Å². The molecule has 0 spiro atoms. The molecule has 1 unspecified atom stereocenters. The third-order valence-electron chi connectivity index (χ3n) is 3.15. The number of halogens is 2. The summed E-state index contributed by atoms with van der Waals surface area (Å²) >= 11 is 5.81. The Morgan fingerprint density at radius 3 is 2.85 bits per heavy atom. The first-order valence-electron chi connectivity index (χ1n) is 6.26. The number of methoxy groups -OCH3 is 1. The van der Waals surface area contributed by atoms with Gasteiger partial charge in [0.15, 0.2) is 0 Å². The predicted octanol–water partition coefficient (Wildman–Crippen LogP) is 3.39. The fourth-order valence-electron chi connectivity index (χ4n) is 2.10. The van der Waals surface area contributed by atoms with Crippen molar-refractivity contribution in [3.63, 3.8) is 0 Å². The lowest BCUT2D eigenvalue weighted by Crippen LogP contribution is -2.21. The second kappa shape index (κ2) is 6.68. The van der Waals surface area contributed by atoms with Crippen LogP contribution in [-0.2, 0) is 6.42 Å². The molecule has 0 saturated carbocycles. The van der Waals surface area contributed by atoms with Gasteiger partial charge in [-0.05, 0) is 37.2 Å². The van der Waals surface area contributed by atoms with Gasteiger partial charge < -0.3 is 10.1 Å². The quantitative estimate of drug-likeness (QED) is 0.918. The summed E-state index contributed by atoms with van der Waals surface area (Å²) in [6, 6.07) is 8.48. The Balaban J connectivity index is 2.31. The number of nitrogens with zero attached hydrogens (tertiary/aromatic N) is 1. The minimum atomic E-state index is -0.385. The Bertz CT molecular complexity index is 592. The van der Waals surface area contributed by atoms with Crippen molar-refractivity contribution in [2.75, 3.05) is 14.2 Å². The van der Waals surface area contributed by atoms with Gasteiger partial charge in [0, 0.05) is 6.20 Å². The fraction of sp³-hybridized carbons (Fsp3) is 0.267. The zero-order valence-corrected chi connectivity index (χ0v) is 12.1. The van der Waals surface area contributed by atoms with E-state index in [2.05, 4.69) is 10.3 Å². The minimum absolute atomic E-state index is 0.130. The van der Waals surface area contributed by atoms with E-state index in [4.69, 9.17) is 16.3 Å². The van der Waals surface area contributed by atoms with E-state index in [1.807, 2.05) is 6.07 Å². The highest BCUT2D eigenvalue weighted by atomic mass is 35.5. The van der Waals surface area contributed by atoms with Crippen LogP contribution in [0.5, 0.6) is 5.75 Å². The van der Waals surface area contributed by atoms with Crippen LogP contribution < -0.4 is 10.1 Å². The molecule has 1 heterocycles. The third-order valence-corrected chi connectivity index (χ3v) is 3.45. The predicted molar refractivity (Wildman–Crippen MR) is 77.7 cm³/mol. The normalized spacial score (nSPS) is 12.2. The molecular formula is C15H16ClFN2O. The van der Waals surface area contributed by atoms with Gasteiger partial charge in [-0.3, -0.25) is 4.98 Å². The van der Waals surface area contributed by atoms with Crippen molar-refractivity contribution in [2.45, 2.75) is 12.5 Å². The summed E-state index contributed by atoms with van der Waals surface area (Å²) in [7, 11) is 3.40. The molecule has 20 heavy (non-hydrogen) atoms. The van der Waals surface area contributed by atoms with Crippen molar-refractivity contribution in [2.24, 2.45) is 0 Å². The Labute approximate surface area is 122 Å². The highest BCUT2D eigenvalue weighted by molar-refractivity contribution is 6.30. The molecule has 1 N–H and O–H groups in total. The zero-order valence-electron chi connectivity index (χ0n) is 11.4. The second-order valence-electron chi connectivity index (χ2n) is 4.35. The summed E-state index contributed by atoms with van der Waals surface area (Å²) in [5.41, 5.74) is 1.29. The first-order chi connectivity index (χ1) is 9.67. The maximum Gasteiger partial charge on any atom is 0.145 e. The van der Waals surface area contributed by atoms with Crippen LogP contribution in [0.3, 0.4) is 0 Å². The van der Waals surface area contributed by atoms with E-state index in [9.17, 15) is 4.39 Å². The topological polar surface area (TPSA) is 34.2 Å². The lowest BCUT2D eigenvalue weighted by atomic mass is 10.0. The van der Waals surface area contributed by atoms with Crippen LogP contribution in [0.4, 0.5) is 4.39 Å². The Hall–Kier alpha value is -1.65. The monoisotopic (exact) mass is 294 g/mol. The number of rotatable bonds is 5. The summed E-state index contributed by atoms with van der Waals surface area (Å²) < 4.78 is 19.3. The van der Waals surface area contributed by atoms with Crippen LogP contribution in [0.1, 0.15) is 17.3 Å². The number of benzene rings is 1. The minimum Gasteiger partial charge on any atom is -0.495 e. The van der Waals surface area contributed by atoms with Crippen molar-refractivity contribution in [3.05, 3.63) is 58.6 Å². The van der Waals surface area contributed by atoms with Crippen LogP contribution >= 0.6 is 11.6 Å². The molecule has 2 rings (SSSR count). The molecule has 106 valence electrons. The number of hydrogen-bond donors (Lipinski definition) is 1. The molecule has 0 bridgehead atoms. The van der Waals surface area contributed by atoms with Gasteiger partial charge in [0.1, 0.15) is 11.6 Å². The van der Waals surface area contributed by atoms with Crippen molar-refractivity contribution in [1.82, 2.24) is 10.3 Å². The summed E-state index contributed by atoms with van der Waals surface area (Å²) in [4.78, 5) is 4.33. The highest BCUT2D eigenvalue weighted by Gasteiger charge is 2.18. The Morgan fingerprint density at radius 2 is 2.15 bits per heavy atom. The smallest absolute Gasteiger partial charge is 0.145 e. The fourth-order valence-corrected chi connectivity index (χ4v) is 2.29. The first kappa shape index (κ1) is 14.8. The molecule has 1 atom stereocenters. The molecule has 2 aromatic rings. The molecule has 1 aromatic carbocycles. The van der Waals surface area contributed by atoms with Gasteiger partial charge in [-0.25, -0.2) is 4.39 Å². The Kier molecular flexibility index (Phi) is 4.93. The van der Waals surface area contributed by atoms with Gasteiger partial charge >= 0.3 is 0 Å². The maximum atomic E-state index is 14.0. The van der Waals surface area contributed by atoms with E-state index in [1.54, 1.807) is 38.6 Å². The number of aromatic nitrogens is 1. The van der Waals surface area contributed by atoms with E-state index < -0.39 is 0 Å². The van der Waals surface area contributed by atoms with Crippen LogP contribution in [0.2, 0.25) is 5.02 Å². The summed E-state index contributed by atoms with van der Waals surface area (Å²) in [6.07, 6.45) is 2.13. The largest absolute Gasteiger partial charge is 0.495 e. The number of ether oxygens (including phenoxy) is 1. The van der Waals surface area contributed by atoms with Crippen molar-refractivity contribution >= 4 is 11.6 Å². The van der Waals surface area contributed by atoms with Gasteiger partial charge in [0.2, 0.25) is 0 Å². The standard InChI is InChI=1S/C15H16ClFN2O/c1-18-12(15-13(20-2)7-4-8-19-15)9-10-5-3-6-11(16)14(10)17/h3-8,12,18H,9H2,1-2H3. The van der Waals surface area contributed by atoms with Crippen LogP contribution in [0, 0.1) is 5.82 Å². The molecule has 1 aromatic heterocycles. The number of likely N-dealkylation sites (N-methyl/N-ethyl adjacent to an activating group) is 1. The van der Waals surface area contributed by atoms with Crippen LogP contribution in [0.15, 0.2) is 36.5 Å². The van der Waals surface area contributed by atoms with Crippen molar-refractivity contribution in [3.8, 4) is 5.75 Å². The van der Waals surface area contributed by atoms with Crippen LogP contribution in [0.25, 0.3) is 0 Å².